The van der Waals surface area contributed by atoms with E-state index in [0.29, 0.717) is 17.9 Å². The molecule has 0 atom stereocenters. The van der Waals surface area contributed by atoms with Gasteiger partial charge in [-0.3, -0.25) is 4.79 Å². The minimum Gasteiger partial charge on any atom is -0.390 e. The van der Waals surface area contributed by atoms with E-state index in [4.69, 9.17) is 17.3 Å². The van der Waals surface area contributed by atoms with Crippen LogP contribution in [0.15, 0.2) is 42.6 Å². The predicted molar refractivity (Wildman–Crippen MR) is 110 cm³/mol. The van der Waals surface area contributed by atoms with Gasteiger partial charge in [0.05, 0.1) is 11.1 Å². The molecule has 3 N–H and O–H groups in total. The summed E-state index contributed by atoms with van der Waals surface area (Å²) in [5.74, 6) is -0.567. The smallest absolute Gasteiger partial charge is 0.269 e. The van der Waals surface area contributed by atoms with Crippen LogP contribution in [-0.2, 0) is 12.8 Å². The van der Waals surface area contributed by atoms with Crippen molar-refractivity contribution in [2.75, 3.05) is 0 Å². The second-order valence-electron chi connectivity index (χ2n) is 7.77. The first-order valence-electron chi connectivity index (χ1n) is 9.71. The first-order valence-corrected chi connectivity index (χ1v) is 10.1. The fourth-order valence-corrected chi connectivity index (χ4v) is 4.40. The van der Waals surface area contributed by atoms with Crippen molar-refractivity contribution in [1.82, 2.24) is 9.61 Å². The molecule has 146 valence electrons. The molecule has 5 nitrogen and oxygen atoms in total. The number of hydrogen-bond acceptors (Lipinski definition) is 3. The molecule has 0 radical (unpaired) electrons. The topological polar surface area (TPSA) is 80.6 Å². The van der Waals surface area contributed by atoms with Gasteiger partial charge in [-0.2, -0.15) is 5.10 Å². The molecular formula is C22H24ClN3O2. The van der Waals surface area contributed by atoms with Gasteiger partial charge in [-0.1, -0.05) is 43.0 Å². The lowest BCUT2D eigenvalue weighted by atomic mass is 9.79. The summed E-state index contributed by atoms with van der Waals surface area (Å²) in [4.78, 5) is 12.2. The first-order chi connectivity index (χ1) is 13.5. The summed E-state index contributed by atoms with van der Waals surface area (Å²) < 4.78 is 1.69. The Hall–Kier alpha value is -2.37. The second kappa shape index (κ2) is 7.57. The number of rotatable bonds is 5. The predicted octanol–water partition coefficient (Wildman–Crippen LogP) is 3.92. The van der Waals surface area contributed by atoms with Gasteiger partial charge < -0.3 is 10.8 Å². The molecule has 1 amide bonds. The van der Waals surface area contributed by atoms with Crippen molar-refractivity contribution in [1.29, 1.82) is 0 Å². The number of aromatic nitrogens is 2. The van der Waals surface area contributed by atoms with Gasteiger partial charge >= 0.3 is 0 Å². The van der Waals surface area contributed by atoms with Crippen LogP contribution in [0.1, 0.15) is 59.3 Å². The van der Waals surface area contributed by atoms with E-state index < -0.39 is 11.5 Å². The Morgan fingerprint density at radius 3 is 2.54 bits per heavy atom. The lowest BCUT2D eigenvalue weighted by molar-refractivity contribution is 0.00414. The van der Waals surface area contributed by atoms with Crippen molar-refractivity contribution in [3.8, 4) is 0 Å². The highest BCUT2D eigenvalue weighted by atomic mass is 35.5. The maximum Gasteiger partial charge on any atom is 0.269 e. The van der Waals surface area contributed by atoms with Crippen LogP contribution in [0.5, 0.6) is 0 Å². The molecule has 6 heteroatoms. The average molecular weight is 398 g/mol. The Morgan fingerprint density at radius 1 is 1.14 bits per heavy atom. The molecule has 1 saturated carbocycles. The van der Waals surface area contributed by atoms with Gasteiger partial charge in [0, 0.05) is 17.6 Å². The van der Waals surface area contributed by atoms with E-state index in [2.05, 4.69) is 5.10 Å². The number of benzene rings is 1. The number of hydrogen-bond donors (Lipinski definition) is 2. The normalized spacial score (nSPS) is 16.4. The number of carbonyl (C=O) groups excluding carboxylic acids is 1. The zero-order valence-corrected chi connectivity index (χ0v) is 16.5. The summed E-state index contributed by atoms with van der Waals surface area (Å²) in [5.41, 5.74) is 8.86. The van der Waals surface area contributed by atoms with Gasteiger partial charge in [0.25, 0.3) is 5.91 Å². The average Bonchev–Trinajstić information content (AvgIpc) is 3.14. The van der Waals surface area contributed by atoms with Gasteiger partial charge in [0.1, 0.15) is 0 Å². The molecule has 1 aliphatic rings. The van der Waals surface area contributed by atoms with Gasteiger partial charge in [-0.05, 0) is 60.2 Å². The van der Waals surface area contributed by atoms with Crippen molar-refractivity contribution >= 4 is 23.0 Å². The summed E-state index contributed by atoms with van der Waals surface area (Å²) in [6.07, 6.45) is 7.41. The van der Waals surface area contributed by atoms with E-state index in [1.807, 2.05) is 42.6 Å². The van der Waals surface area contributed by atoms with Crippen molar-refractivity contribution < 1.29 is 9.90 Å². The summed E-state index contributed by atoms with van der Waals surface area (Å²) in [7, 11) is 0. The molecule has 0 unspecified atom stereocenters. The van der Waals surface area contributed by atoms with E-state index in [1.54, 1.807) is 4.52 Å². The van der Waals surface area contributed by atoms with Crippen LogP contribution in [0.25, 0.3) is 5.52 Å². The molecule has 0 bridgehead atoms. The molecule has 4 rings (SSSR count). The monoisotopic (exact) mass is 397 g/mol. The number of carbonyl (C=O) groups is 1. The van der Waals surface area contributed by atoms with Gasteiger partial charge in [-0.25, -0.2) is 4.52 Å². The Labute approximate surface area is 169 Å². The van der Waals surface area contributed by atoms with E-state index in [1.165, 1.54) is 0 Å². The summed E-state index contributed by atoms with van der Waals surface area (Å²) >= 11 is 6.03. The van der Waals surface area contributed by atoms with Crippen LogP contribution in [0.2, 0.25) is 5.02 Å². The fraction of sp³-hybridized carbons (Fsp3) is 0.364. The van der Waals surface area contributed by atoms with E-state index in [0.717, 1.165) is 54.3 Å². The summed E-state index contributed by atoms with van der Waals surface area (Å²) in [6.45, 7) is 0. The lowest BCUT2D eigenvalue weighted by Gasteiger charge is -2.33. The molecule has 1 aromatic carbocycles. The van der Waals surface area contributed by atoms with Gasteiger partial charge in [0.15, 0.2) is 5.69 Å². The van der Waals surface area contributed by atoms with Crippen molar-refractivity contribution in [2.24, 2.45) is 5.73 Å². The molecule has 1 aliphatic carbocycles. The number of halogens is 1. The molecule has 3 aromatic rings. The van der Waals surface area contributed by atoms with E-state index in [9.17, 15) is 9.90 Å². The molecule has 2 aromatic heterocycles. The van der Waals surface area contributed by atoms with E-state index in [-0.39, 0.29) is 5.69 Å². The maximum absolute atomic E-state index is 12.2. The minimum atomic E-state index is -0.816. The van der Waals surface area contributed by atoms with Crippen LogP contribution in [-0.4, -0.2) is 26.2 Å². The highest BCUT2D eigenvalue weighted by Crippen LogP contribution is 2.34. The van der Waals surface area contributed by atoms with Crippen molar-refractivity contribution in [2.45, 2.75) is 50.5 Å². The van der Waals surface area contributed by atoms with Crippen LogP contribution in [0.3, 0.4) is 0 Å². The van der Waals surface area contributed by atoms with E-state index >= 15 is 0 Å². The lowest BCUT2D eigenvalue weighted by Crippen LogP contribution is -2.35. The molecule has 0 aliphatic heterocycles. The molecular weight excluding hydrogens is 374 g/mol. The SMILES string of the molecule is NC(=O)c1nn2cccc2c(Cc2ccc(Cl)cc2)c1CC1(O)CCCCC1. The van der Waals surface area contributed by atoms with Crippen molar-refractivity contribution in [3.05, 3.63) is 70.0 Å². The first kappa shape index (κ1) is 19.0. The number of nitrogens with two attached hydrogens (primary N) is 1. The number of fused-ring (bicyclic) bond motifs is 1. The largest absolute Gasteiger partial charge is 0.390 e. The molecule has 0 spiro atoms. The maximum atomic E-state index is 12.2. The zero-order valence-electron chi connectivity index (χ0n) is 15.7. The fourth-order valence-electron chi connectivity index (χ4n) is 4.27. The molecule has 28 heavy (non-hydrogen) atoms. The Balaban J connectivity index is 1.85. The van der Waals surface area contributed by atoms with Crippen LogP contribution < -0.4 is 5.73 Å². The van der Waals surface area contributed by atoms with Crippen LogP contribution >= 0.6 is 11.6 Å². The highest BCUT2D eigenvalue weighted by Gasteiger charge is 2.33. The van der Waals surface area contributed by atoms with Gasteiger partial charge in [-0.15, -0.1) is 0 Å². The third kappa shape index (κ3) is 3.77. The number of amides is 1. The summed E-state index contributed by atoms with van der Waals surface area (Å²) in [5, 5.41) is 16.3. The van der Waals surface area contributed by atoms with Crippen LogP contribution in [0.4, 0.5) is 0 Å². The molecule has 1 fully saturated rings. The zero-order chi connectivity index (χ0) is 19.7. The minimum absolute atomic E-state index is 0.242. The number of nitrogens with zero attached hydrogens (tertiary/aromatic N) is 2. The number of aliphatic hydroxyl groups is 1. The molecule has 2 heterocycles. The van der Waals surface area contributed by atoms with Crippen LogP contribution in [0, 0.1) is 0 Å². The van der Waals surface area contributed by atoms with Gasteiger partial charge in [0.2, 0.25) is 0 Å². The Kier molecular flexibility index (Phi) is 5.13. The third-order valence-corrected chi connectivity index (χ3v) is 5.96. The Bertz CT molecular complexity index is 1000. The summed E-state index contributed by atoms with van der Waals surface area (Å²) in [6, 6.07) is 11.6. The highest BCUT2D eigenvalue weighted by molar-refractivity contribution is 6.30. The second-order valence-corrected chi connectivity index (χ2v) is 8.21. The standard InChI is InChI=1S/C22H24ClN3O2/c23-16-8-6-15(7-9-16)13-17-18(14-22(28)10-2-1-3-11-22)20(21(24)27)25-26-12-4-5-19(17)26/h4-9,12,28H,1-3,10-11,13-14H2,(H2,24,27). The third-order valence-electron chi connectivity index (χ3n) is 5.71. The molecule has 0 saturated heterocycles. The van der Waals surface area contributed by atoms with Crippen molar-refractivity contribution in [3.63, 3.8) is 0 Å². The quantitative estimate of drug-likeness (QED) is 0.684. The number of primary amides is 1. The Morgan fingerprint density at radius 2 is 1.86 bits per heavy atom.